The number of nitrogens with zero attached hydrogens (tertiary/aromatic N) is 1. The molecule has 3 aromatic rings. The molecule has 162 valence electrons. The number of methoxy groups -OCH3 is 1. The van der Waals surface area contributed by atoms with E-state index in [2.05, 4.69) is 0 Å². The Balaban J connectivity index is 1.53. The van der Waals surface area contributed by atoms with Gasteiger partial charge in [-0.1, -0.05) is 35.9 Å². The zero-order valence-corrected chi connectivity index (χ0v) is 18.5. The number of hydrogen-bond acceptors (Lipinski definition) is 5. The fourth-order valence-corrected chi connectivity index (χ4v) is 4.18. The number of amides is 1. The predicted octanol–water partition coefficient (Wildman–Crippen LogP) is 6.12. The molecule has 1 amide bonds. The van der Waals surface area contributed by atoms with Crippen molar-refractivity contribution in [3.63, 3.8) is 0 Å². The van der Waals surface area contributed by atoms with Crippen molar-refractivity contribution < 1.29 is 18.7 Å². The molecule has 0 unspecified atom stereocenters. The van der Waals surface area contributed by atoms with Gasteiger partial charge in [0.25, 0.3) is 5.91 Å². The van der Waals surface area contributed by atoms with Crippen LogP contribution in [0.2, 0.25) is 5.02 Å². The summed E-state index contributed by atoms with van der Waals surface area (Å²) in [5.41, 5.74) is 2.02. The van der Waals surface area contributed by atoms with E-state index < -0.39 is 5.82 Å². The molecule has 1 N–H and O–H groups in total. The lowest BCUT2D eigenvalue weighted by Crippen LogP contribution is -2.28. The highest BCUT2D eigenvalue weighted by Gasteiger charge is 2.33. The molecule has 0 aliphatic carbocycles. The number of rotatable bonds is 6. The van der Waals surface area contributed by atoms with Crippen molar-refractivity contribution in [2.45, 2.75) is 6.61 Å². The first kappa shape index (κ1) is 21.9. The van der Waals surface area contributed by atoms with Crippen molar-refractivity contribution in [3.8, 4) is 11.5 Å². The van der Waals surface area contributed by atoms with Gasteiger partial charge in [0.15, 0.2) is 16.7 Å². The van der Waals surface area contributed by atoms with E-state index in [0.29, 0.717) is 27.1 Å². The van der Waals surface area contributed by atoms with E-state index in [9.17, 15) is 9.18 Å². The minimum absolute atomic E-state index is 0.0551. The Morgan fingerprint density at radius 1 is 1.09 bits per heavy atom. The first-order chi connectivity index (χ1) is 15.5. The predicted molar refractivity (Wildman–Crippen MR) is 126 cm³/mol. The summed E-state index contributed by atoms with van der Waals surface area (Å²) >= 11 is 7.22. The number of carbonyl (C=O) groups is 1. The maximum absolute atomic E-state index is 13.2. The van der Waals surface area contributed by atoms with Gasteiger partial charge in [-0.3, -0.25) is 15.1 Å². The smallest absolute Gasteiger partial charge is 0.271 e. The van der Waals surface area contributed by atoms with Crippen molar-refractivity contribution in [3.05, 3.63) is 93.6 Å². The third kappa shape index (κ3) is 4.64. The number of carbonyl (C=O) groups excluding carboxylic acids is 1. The van der Waals surface area contributed by atoms with E-state index >= 15 is 0 Å². The Morgan fingerprint density at radius 3 is 2.56 bits per heavy atom. The summed E-state index contributed by atoms with van der Waals surface area (Å²) < 4.78 is 24.5. The standard InChI is InChI=1S/C24H18ClFN2O3S/c1-30-21-12-15(6-11-20(21)31-14-16-4-2-3-5-19(16)25)13-22-23(29)28(24(27)32-22)18-9-7-17(26)8-10-18/h2-13,27H,14H2,1H3/b22-13-,27-24?. The number of halogens is 2. The van der Waals surface area contributed by atoms with Crippen LogP contribution in [-0.2, 0) is 11.4 Å². The van der Waals surface area contributed by atoms with Crippen molar-refractivity contribution in [2.75, 3.05) is 12.0 Å². The molecule has 32 heavy (non-hydrogen) atoms. The van der Waals surface area contributed by atoms with Crippen molar-refractivity contribution >= 4 is 46.2 Å². The second kappa shape index (κ2) is 9.46. The van der Waals surface area contributed by atoms with Crippen LogP contribution in [0.25, 0.3) is 6.08 Å². The normalized spacial score (nSPS) is 14.8. The zero-order valence-electron chi connectivity index (χ0n) is 17.0. The maximum Gasteiger partial charge on any atom is 0.271 e. The van der Waals surface area contributed by atoms with Crippen LogP contribution in [0.3, 0.4) is 0 Å². The summed E-state index contributed by atoms with van der Waals surface area (Å²) in [4.78, 5) is 14.5. The molecule has 1 heterocycles. The number of nitrogens with one attached hydrogen (secondary N) is 1. The summed E-state index contributed by atoms with van der Waals surface area (Å²) in [5.74, 6) is 0.303. The molecule has 1 aliphatic rings. The molecular formula is C24H18ClFN2O3S. The Hall–Kier alpha value is -3.29. The summed E-state index contributed by atoms with van der Waals surface area (Å²) in [7, 11) is 1.54. The molecule has 0 radical (unpaired) electrons. The Bertz CT molecular complexity index is 1210. The second-order valence-electron chi connectivity index (χ2n) is 6.82. The Morgan fingerprint density at radius 2 is 1.84 bits per heavy atom. The first-order valence-electron chi connectivity index (χ1n) is 9.58. The van der Waals surface area contributed by atoms with Crippen LogP contribution >= 0.6 is 23.4 Å². The molecule has 1 saturated heterocycles. The largest absolute Gasteiger partial charge is 0.493 e. The minimum Gasteiger partial charge on any atom is -0.493 e. The monoisotopic (exact) mass is 468 g/mol. The molecule has 8 heteroatoms. The van der Waals surface area contributed by atoms with E-state index in [-0.39, 0.29) is 17.7 Å². The SMILES string of the molecule is COc1cc(/C=C2\SC(=N)N(c3ccc(F)cc3)C2=O)ccc1OCc1ccccc1Cl. The zero-order chi connectivity index (χ0) is 22.7. The van der Waals surface area contributed by atoms with Crippen LogP contribution in [0.1, 0.15) is 11.1 Å². The van der Waals surface area contributed by atoms with E-state index in [1.807, 2.05) is 18.2 Å². The van der Waals surface area contributed by atoms with Crippen LogP contribution in [-0.4, -0.2) is 18.2 Å². The maximum atomic E-state index is 13.2. The Labute approximate surface area is 193 Å². The van der Waals surface area contributed by atoms with Gasteiger partial charge < -0.3 is 9.47 Å². The molecule has 1 aliphatic heterocycles. The molecule has 5 nitrogen and oxygen atoms in total. The molecule has 0 atom stereocenters. The molecule has 4 rings (SSSR count). The molecule has 0 aromatic heterocycles. The fraction of sp³-hybridized carbons (Fsp3) is 0.0833. The number of hydrogen-bond donors (Lipinski definition) is 1. The molecule has 0 spiro atoms. The number of ether oxygens (including phenoxy) is 2. The van der Waals surface area contributed by atoms with E-state index in [4.69, 9.17) is 26.5 Å². The highest BCUT2D eigenvalue weighted by atomic mass is 35.5. The van der Waals surface area contributed by atoms with Crippen LogP contribution in [0.4, 0.5) is 10.1 Å². The summed E-state index contributed by atoms with van der Waals surface area (Å²) in [6, 6.07) is 18.2. The van der Waals surface area contributed by atoms with Gasteiger partial charge in [0.1, 0.15) is 12.4 Å². The van der Waals surface area contributed by atoms with Crippen LogP contribution < -0.4 is 14.4 Å². The van der Waals surface area contributed by atoms with Crippen molar-refractivity contribution in [2.24, 2.45) is 0 Å². The highest BCUT2D eigenvalue weighted by molar-refractivity contribution is 8.19. The summed E-state index contributed by atoms with van der Waals surface area (Å²) in [6.07, 6.45) is 1.69. The number of thioether (sulfide) groups is 1. The van der Waals surface area contributed by atoms with Gasteiger partial charge in [0.2, 0.25) is 0 Å². The van der Waals surface area contributed by atoms with Gasteiger partial charge in [-0.2, -0.15) is 0 Å². The Kier molecular flexibility index (Phi) is 6.48. The quantitative estimate of drug-likeness (QED) is 0.442. The second-order valence-corrected chi connectivity index (χ2v) is 8.26. The number of benzene rings is 3. The summed E-state index contributed by atoms with van der Waals surface area (Å²) in [5, 5.41) is 8.85. The van der Waals surface area contributed by atoms with Gasteiger partial charge in [-0.05, 0) is 65.9 Å². The first-order valence-corrected chi connectivity index (χ1v) is 10.8. The number of amidine groups is 1. The van der Waals surface area contributed by atoms with Gasteiger partial charge in [0, 0.05) is 10.6 Å². The topological polar surface area (TPSA) is 62.6 Å². The molecular weight excluding hydrogens is 451 g/mol. The van der Waals surface area contributed by atoms with Crippen LogP contribution in [0.15, 0.2) is 71.6 Å². The van der Waals surface area contributed by atoms with E-state index in [1.165, 1.54) is 36.3 Å². The molecule has 3 aromatic carbocycles. The minimum atomic E-state index is -0.403. The number of anilines is 1. The fourth-order valence-electron chi connectivity index (χ4n) is 3.13. The lowest BCUT2D eigenvalue weighted by Gasteiger charge is -2.14. The third-order valence-electron chi connectivity index (χ3n) is 4.73. The molecule has 1 fully saturated rings. The lowest BCUT2D eigenvalue weighted by molar-refractivity contribution is -0.113. The van der Waals surface area contributed by atoms with E-state index in [0.717, 1.165) is 22.9 Å². The summed E-state index contributed by atoms with van der Waals surface area (Å²) in [6.45, 7) is 0.286. The van der Waals surface area contributed by atoms with E-state index in [1.54, 1.807) is 30.3 Å². The third-order valence-corrected chi connectivity index (χ3v) is 5.99. The van der Waals surface area contributed by atoms with Crippen LogP contribution in [0.5, 0.6) is 11.5 Å². The van der Waals surface area contributed by atoms with Crippen LogP contribution in [0, 0.1) is 11.2 Å². The van der Waals surface area contributed by atoms with Gasteiger partial charge in [0.05, 0.1) is 17.7 Å². The lowest BCUT2D eigenvalue weighted by atomic mass is 10.1. The van der Waals surface area contributed by atoms with Gasteiger partial charge >= 0.3 is 0 Å². The highest BCUT2D eigenvalue weighted by Crippen LogP contribution is 2.36. The average molecular weight is 469 g/mol. The molecule has 0 saturated carbocycles. The van der Waals surface area contributed by atoms with Gasteiger partial charge in [-0.15, -0.1) is 0 Å². The average Bonchev–Trinajstić information content (AvgIpc) is 3.07. The van der Waals surface area contributed by atoms with Crippen molar-refractivity contribution in [1.82, 2.24) is 0 Å². The van der Waals surface area contributed by atoms with Gasteiger partial charge in [-0.25, -0.2) is 4.39 Å². The van der Waals surface area contributed by atoms with Crippen molar-refractivity contribution in [1.29, 1.82) is 5.41 Å². The molecule has 0 bridgehead atoms.